The van der Waals surface area contributed by atoms with E-state index in [0.717, 1.165) is 11.5 Å². The van der Waals surface area contributed by atoms with E-state index in [0.29, 0.717) is 36.5 Å². The largest absolute Gasteiger partial charge is 0.468 e. The number of ketones is 1. The van der Waals surface area contributed by atoms with E-state index >= 15 is 0 Å². The maximum atomic E-state index is 12.9. The SMILES string of the molecule is CCOC(=O)c1c(C)c(C(=O)C(C)NCc2ccco2)c(C)n1CC. The minimum Gasteiger partial charge on any atom is -0.468 e. The molecular weight excluding hydrogens is 320 g/mol. The van der Waals surface area contributed by atoms with Crippen molar-refractivity contribution in [3.63, 3.8) is 0 Å². The summed E-state index contributed by atoms with van der Waals surface area (Å²) >= 11 is 0. The van der Waals surface area contributed by atoms with Crippen LogP contribution >= 0.6 is 0 Å². The Kier molecular flexibility index (Phi) is 6.20. The Hall–Kier alpha value is -2.34. The topological polar surface area (TPSA) is 73.5 Å². The van der Waals surface area contributed by atoms with Gasteiger partial charge in [0.2, 0.25) is 0 Å². The number of esters is 1. The summed E-state index contributed by atoms with van der Waals surface area (Å²) in [5.41, 5.74) is 2.52. The number of hydrogen-bond acceptors (Lipinski definition) is 5. The fourth-order valence-corrected chi connectivity index (χ4v) is 3.09. The lowest BCUT2D eigenvalue weighted by Gasteiger charge is -2.13. The van der Waals surface area contributed by atoms with Gasteiger partial charge in [-0.1, -0.05) is 0 Å². The molecule has 0 saturated heterocycles. The van der Waals surface area contributed by atoms with Gasteiger partial charge in [-0.15, -0.1) is 0 Å². The number of nitrogens with one attached hydrogen (secondary N) is 1. The van der Waals surface area contributed by atoms with Crippen molar-refractivity contribution in [3.05, 3.63) is 46.7 Å². The predicted octanol–water partition coefficient (Wildman–Crippen LogP) is 3.26. The van der Waals surface area contributed by atoms with E-state index in [1.165, 1.54) is 0 Å². The molecule has 2 rings (SSSR count). The van der Waals surface area contributed by atoms with Crippen LogP contribution in [-0.4, -0.2) is 29.0 Å². The van der Waals surface area contributed by atoms with Gasteiger partial charge in [-0.05, 0) is 52.3 Å². The van der Waals surface area contributed by atoms with Crippen molar-refractivity contribution in [1.29, 1.82) is 0 Å². The number of carbonyl (C=O) groups excluding carboxylic acids is 2. The van der Waals surface area contributed by atoms with Crippen LogP contribution in [0.3, 0.4) is 0 Å². The molecule has 0 aliphatic heterocycles. The number of nitrogens with zero attached hydrogens (tertiary/aromatic N) is 1. The summed E-state index contributed by atoms with van der Waals surface area (Å²) in [6.07, 6.45) is 1.60. The maximum absolute atomic E-state index is 12.9. The van der Waals surface area contributed by atoms with E-state index in [-0.39, 0.29) is 11.8 Å². The Morgan fingerprint density at radius 2 is 2.04 bits per heavy atom. The zero-order valence-corrected chi connectivity index (χ0v) is 15.5. The molecule has 0 aliphatic carbocycles. The summed E-state index contributed by atoms with van der Waals surface area (Å²) in [6, 6.07) is 3.27. The molecule has 1 N–H and O–H groups in total. The third-order valence-electron chi connectivity index (χ3n) is 4.35. The van der Waals surface area contributed by atoms with E-state index in [2.05, 4.69) is 5.32 Å². The van der Waals surface area contributed by atoms with Crippen LogP contribution in [0.5, 0.6) is 0 Å². The number of furan rings is 1. The highest BCUT2D eigenvalue weighted by atomic mass is 16.5. The van der Waals surface area contributed by atoms with Gasteiger partial charge < -0.3 is 19.0 Å². The molecule has 0 radical (unpaired) electrons. The molecule has 2 heterocycles. The molecule has 6 nitrogen and oxygen atoms in total. The van der Waals surface area contributed by atoms with Crippen molar-refractivity contribution >= 4 is 11.8 Å². The van der Waals surface area contributed by atoms with Gasteiger partial charge in [0.05, 0.1) is 25.5 Å². The van der Waals surface area contributed by atoms with Gasteiger partial charge >= 0.3 is 5.97 Å². The van der Waals surface area contributed by atoms with Crippen molar-refractivity contribution in [2.24, 2.45) is 0 Å². The van der Waals surface area contributed by atoms with E-state index in [1.54, 1.807) is 20.1 Å². The molecule has 0 saturated carbocycles. The monoisotopic (exact) mass is 346 g/mol. The average Bonchev–Trinajstić information content (AvgIpc) is 3.18. The van der Waals surface area contributed by atoms with Crippen molar-refractivity contribution in [2.45, 2.75) is 53.8 Å². The van der Waals surface area contributed by atoms with Crippen LogP contribution in [0.4, 0.5) is 0 Å². The van der Waals surface area contributed by atoms with E-state index in [9.17, 15) is 9.59 Å². The second-order valence-electron chi connectivity index (χ2n) is 5.94. The average molecular weight is 346 g/mol. The summed E-state index contributed by atoms with van der Waals surface area (Å²) in [7, 11) is 0. The van der Waals surface area contributed by atoms with Crippen LogP contribution in [-0.2, 0) is 17.8 Å². The third-order valence-corrected chi connectivity index (χ3v) is 4.35. The van der Waals surface area contributed by atoms with Gasteiger partial charge in [0.25, 0.3) is 0 Å². The molecule has 0 spiro atoms. The lowest BCUT2D eigenvalue weighted by molar-refractivity contribution is 0.0512. The fourth-order valence-electron chi connectivity index (χ4n) is 3.09. The van der Waals surface area contributed by atoms with E-state index in [1.807, 2.05) is 37.5 Å². The summed E-state index contributed by atoms with van der Waals surface area (Å²) in [6.45, 7) is 10.6. The summed E-state index contributed by atoms with van der Waals surface area (Å²) in [4.78, 5) is 25.3. The molecule has 136 valence electrons. The minimum absolute atomic E-state index is 0.0423. The molecule has 0 bridgehead atoms. The number of carbonyl (C=O) groups is 2. The van der Waals surface area contributed by atoms with Crippen molar-refractivity contribution in [2.75, 3.05) is 6.61 Å². The Morgan fingerprint density at radius 3 is 2.60 bits per heavy atom. The second kappa shape index (κ2) is 8.16. The summed E-state index contributed by atoms with van der Waals surface area (Å²) in [5.74, 6) is 0.339. The first-order chi connectivity index (χ1) is 11.9. The quantitative estimate of drug-likeness (QED) is 0.587. The highest BCUT2D eigenvalue weighted by Gasteiger charge is 2.28. The molecular formula is C19H26N2O4. The second-order valence-corrected chi connectivity index (χ2v) is 5.94. The standard InChI is InChI=1S/C19H26N2O4/c1-6-21-14(5)16(12(3)17(21)19(23)24-7-2)18(22)13(4)20-11-15-9-8-10-25-15/h8-10,13,20H,6-7,11H2,1-5H3. The van der Waals surface area contributed by atoms with Crippen LogP contribution < -0.4 is 5.32 Å². The van der Waals surface area contributed by atoms with E-state index in [4.69, 9.17) is 9.15 Å². The van der Waals surface area contributed by atoms with Gasteiger partial charge in [-0.3, -0.25) is 4.79 Å². The molecule has 25 heavy (non-hydrogen) atoms. The Morgan fingerprint density at radius 1 is 1.32 bits per heavy atom. The summed E-state index contributed by atoms with van der Waals surface area (Å²) < 4.78 is 12.3. The molecule has 6 heteroatoms. The Labute approximate surface area is 148 Å². The highest BCUT2D eigenvalue weighted by Crippen LogP contribution is 2.24. The molecule has 1 unspecified atom stereocenters. The number of rotatable bonds is 8. The lowest BCUT2D eigenvalue weighted by Crippen LogP contribution is -2.34. The van der Waals surface area contributed by atoms with Crippen LogP contribution in [0, 0.1) is 13.8 Å². The van der Waals surface area contributed by atoms with Gasteiger partial charge in [0.1, 0.15) is 11.5 Å². The predicted molar refractivity (Wildman–Crippen MR) is 94.9 cm³/mol. The fraction of sp³-hybridized carbons (Fsp3) is 0.474. The smallest absolute Gasteiger partial charge is 0.355 e. The van der Waals surface area contributed by atoms with Gasteiger partial charge in [-0.25, -0.2) is 4.79 Å². The zero-order chi connectivity index (χ0) is 18.6. The third kappa shape index (κ3) is 3.85. The molecule has 0 aromatic carbocycles. The van der Waals surface area contributed by atoms with Crippen LogP contribution in [0.1, 0.15) is 58.6 Å². The maximum Gasteiger partial charge on any atom is 0.355 e. The minimum atomic E-state index is -0.398. The van der Waals surface area contributed by atoms with Crippen LogP contribution in [0.25, 0.3) is 0 Å². The van der Waals surface area contributed by atoms with Crippen molar-refractivity contribution in [3.8, 4) is 0 Å². The van der Waals surface area contributed by atoms with Crippen LogP contribution in [0.15, 0.2) is 22.8 Å². The lowest BCUT2D eigenvalue weighted by atomic mass is 10.0. The number of hydrogen-bond donors (Lipinski definition) is 1. The normalized spacial score (nSPS) is 12.2. The molecule has 2 aromatic heterocycles. The van der Waals surface area contributed by atoms with Crippen LogP contribution in [0.2, 0.25) is 0 Å². The first-order valence-electron chi connectivity index (χ1n) is 8.59. The number of ether oxygens (including phenoxy) is 1. The summed E-state index contributed by atoms with van der Waals surface area (Å²) in [5, 5.41) is 3.17. The van der Waals surface area contributed by atoms with Gasteiger partial charge in [0, 0.05) is 17.8 Å². The zero-order valence-electron chi connectivity index (χ0n) is 15.5. The number of Topliss-reactive ketones (excluding diaryl/α,β-unsaturated/α-hetero) is 1. The first-order valence-corrected chi connectivity index (χ1v) is 8.59. The van der Waals surface area contributed by atoms with Crippen molar-refractivity contribution < 1.29 is 18.7 Å². The van der Waals surface area contributed by atoms with Crippen molar-refractivity contribution in [1.82, 2.24) is 9.88 Å². The molecule has 0 aliphatic rings. The first kappa shape index (κ1) is 19.0. The Balaban J connectivity index is 2.27. The van der Waals surface area contributed by atoms with Gasteiger partial charge in [0.15, 0.2) is 5.78 Å². The van der Waals surface area contributed by atoms with E-state index < -0.39 is 6.04 Å². The molecule has 0 fully saturated rings. The molecule has 0 amide bonds. The highest BCUT2D eigenvalue weighted by molar-refractivity contribution is 6.05. The Bertz CT molecular complexity index is 744. The number of aromatic nitrogens is 1. The molecule has 2 aromatic rings. The molecule has 1 atom stereocenters. The van der Waals surface area contributed by atoms with Gasteiger partial charge in [-0.2, -0.15) is 0 Å².